The topological polar surface area (TPSA) is 90.2 Å². The number of methoxy groups -OCH3 is 1. The second-order valence-corrected chi connectivity index (χ2v) is 6.23. The summed E-state index contributed by atoms with van der Waals surface area (Å²) < 4.78 is 5.03. The summed E-state index contributed by atoms with van der Waals surface area (Å²) >= 11 is 0. The lowest BCUT2D eigenvalue weighted by Crippen LogP contribution is -2.55. The molecule has 3 N–H and O–H groups in total. The van der Waals surface area contributed by atoms with Crippen LogP contribution in [0.3, 0.4) is 0 Å². The van der Waals surface area contributed by atoms with Gasteiger partial charge in [0, 0.05) is 19.6 Å². The number of nitrogens with zero attached hydrogens (tertiary/aromatic N) is 1. The van der Waals surface area contributed by atoms with Crippen molar-refractivity contribution in [3.05, 3.63) is 23.8 Å². The number of aliphatic hydroxyl groups is 1. The third kappa shape index (κ3) is 3.59. The van der Waals surface area contributed by atoms with Gasteiger partial charge in [0.1, 0.15) is 5.41 Å². The van der Waals surface area contributed by atoms with Crippen LogP contribution < -0.4 is 4.74 Å². The van der Waals surface area contributed by atoms with Gasteiger partial charge >= 0.3 is 5.97 Å². The minimum Gasteiger partial charge on any atom is -0.504 e. The third-order valence-electron chi connectivity index (χ3n) is 4.63. The lowest BCUT2D eigenvalue weighted by atomic mass is 9.74. The summed E-state index contributed by atoms with van der Waals surface area (Å²) in [6, 6.07) is 5.18. The number of aliphatic hydroxyl groups excluding tert-OH is 1. The van der Waals surface area contributed by atoms with Crippen LogP contribution in [0.2, 0.25) is 0 Å². The number of aliphatic carboxylic acids is 1. The van der Waals surface area contributed by atoms with Crippen molar-refractivity contribution in [1.29, 1.82) is 0 Å². The Bertz CT molecular complexity index is 562. The molecule has 0 bridgehead atoms. The lowest BCUT2D eigenvalue weighted by molar-refractivity contribution is -0.164. The van der Waals surface area contributed by atoms with Crippen LogP contribution in [-0.2, 0) is 11.3 Å². The van der Waals surface area contributed by atoms with E-state index in [4.69, 9.17) is 4.74 Å². The van der Waals surface area contributed by atoms with E-state index >= 15 is 0 Å². The molecule has 0 amide bonds. The summed E-state index contributed by atoms with van der Waals surface area (Å²) in [5.41, 5.74) is -0.225. The van der Waals surface area contributed by atoms with E-state index in [2.05, 4.69) is 0 Å². The molecule has 1 aromatic rings. The van der Waals surface area contributed by atoms with Crippen LogP contribution in [-0.4, -0.2) is 52.5 Å². The Morgan fingerprint density at radius 2 is 2.22 bits per heavy atom. The highest BCUT2D eigenvalue weighted by atomic mass is 16.5. The summed E-state index contributed by atoms with van der Waals surface area (Å²) in [7, 11) is 1.49. The Hall–Kier alpha value is -1.79. The van der Waals surface area contributed by atoms with Crippen LogP contribution in [0.15, 0.2) is 18.2 Å². The van der Waals surface area contributed by atoms with Gasteiger partial charge in [0.15, 0.2) is 11.5 Å². The van der Waals surface area contributed by atoms with E-state index in [9.17, 15) is 20.1 Å². The van der Waals surface area contributed by atoms with Crippen LogP contribution >= 0.6 is 0 Å². The molecule has 1 fully saturated rings. The molecule has 6 nitrogen and oxygen atoms in total. The minimum absolute atomic E-state index is 0.0695. The molecule has 1 aliphatic rings. The molecule has 0 unspecified atom stereocenters. The quantitative estimate of drug-likeness (QED) is 0.740. The number of carboxylic acid groups (broad SMARTS) is 1. The zero-order valence-electron chi connectivity index (χ0n) is 13.7. The molecule has 1 aromatic carbocycles. The standard InChI is InChI=1S/C17H25NO5/c1-3-7-17(16(21)22)11-18(8-6-15(17)20)10-12-4-5-14(23-2)13(19)9-12/h4-5,9,15,19-20H,3,6-8,10-11H2,1-2H3,(H,21,22)/t15-,17+/m0/s1. The van der Waals surface area contributed by atoms with Gasteiger partial charge in [-0.3, -0.25) is 9.69 Å². The summed E-state index contributed by atoms with van der Waals surface area (Å²) in [4.78, 5) is 13.8. The van der Waals surface area contributed by atoms with Crippen LogP contribution in [0, 0.1) is 5.41 Å². The predicted molar refractivity (Wildman–Crippen MR) is 85.5 cm³/mol. The highest BCUT2D eigenvalue weighted by Crippen LogP contribution is 2.36. The van der Waals surface area contributed by atoms with E-state index in [1.54, 1.807) is 12.1 Å². The number of phenols is 1. The molecule has 0 spiro atoms. The Labute approximate surface area is 136 Å². The second kappa shape index (κ2) is 7.19. The van der Waals surface area contributed by atoms with Crippen molar-refractivity contribution in [2.24, 2.45) is 5.41 Å². The van der Waals surface area contributed by atoms with Gasteiger partial charge in [-0.25, -0.2) is 0 Å². The minimum atomic E-state index is -1.11. The maximum absolute atomic E-state index is 11.8. The zero-order valence-corrected chi connectivity index (χ0v) is 13.7. The van der Waals surface area contributed by atoms with Gasteiger partial charge in [-0.15, -0.1) is 0 Å². The largest absolute Gasteiger partial charge is 0.504 e. The summed E-state index contributed by atoms with van der Waals surface area (Å²) in [6.07, 6.45) is 0.781. The fourth-order valence-electron chi connectivity index (χ4n) is 3.40. The lowest BCUT2D eigenvalue weighted by Gasteiger charge is -2.43. The smallest absolute Gasteiger partial charge is 0.313 e. The fourth-order valence-corrected chi connectivity index (χ4v) is 3.40. The number of hydrogen-bond acceptors (Lipinski definition) is 5. The molecule has 0 radical (unpaired) electrons. The van der Waals surface area contributed by atoms with Crippen LogP contribution in [0.4, 0.5) is 0 Å². The van der Waals surface area contributed by atoms with Gasteiger partial charge in [0.05, 0.1) is 13.2 Å². The summed E-state index contributed by atoms with van der Waals surface area (Å²) in [6.45, 7) is 3.40. The van der Waals surface area contributed by atoms with E-state index in [-0.39, 0.29) is 5.75 Å². The molecule has 1 aliphatic heterocycles. The Morgan fingerprint density at radius 1 is 1.48 bits per heavy atom. The number of hydrogen-bond donors (Lipinski definition) is 3. The van der Waals surface area contributed by atoms with E-state index < -0.39 is 17.5 Å². The molecule has 2 rings (SSSR count). The van der Waals surface area contributed by atoms with Crippen molar-refractivity contribution in [3.8, 4) is 11.5 Å². The summed E-state index contributed by atoms with van der Waals surface area (Å²) in [5.74, 6) is -0.456. The normalized spacial score (nSPS) is 25.3. The SMILES string of the molecule is CCC[C@@]1(C(=O)O)CN(Cc2ccc(OC)c(O)c2)CC[C@@H]1O. The highest BCUT2D eigenvalue weighted by molar-refractivity contribution is 5.76. The molecule has 23 heavy (non-hydrogen) atoms. The fraction of sp³-hybridized carbons (Fsp3) is 0.588. The van der Waals surface area contributed by atoms with Crippen LogP contribution in [0.25, 0.3) is 0 Å². The number of phenolic OH excluding ortho intramolecular Hbond substituents is 1. The van der Waals surface area contributed by atoms with Crippen molar-refractivity contribution in [3.63, 3.8) is 0 Å². The number of likely N-dealkylation sites (tertiary alicyclic amines) is 1. The predicted octanol–water partition coefficient (Wildman–Crippen LogP) is 1.84. The molecule has 1 heterocycles. The highest BCUT2D eigenvalue weighted by Gasteiger charge is 2.48. The molecule has 0 aromatic heterocycles. The van der Waals surface area contributed by atoms with Crippen LogP contribution in [0.1, 0.15) is 31.7 Å². The molecule has 128 valence electrons. The van der Waals surface area contributed by atoms with E-state index in [1.807, 2.05) is 17.9 Å². The first-order chi connectivity index (χ1) is 10.9. The van der Waals surface area contributed by atoms with Crippen molar-refractivity contribution < 1.29 is 24.9 Å². The summed E-state index contributed by atoms with van der Waals surface area (Å²) in [5, 5.41) is 29.8. The monoisotopic (exact) mass is 323 g/mol. The third-order valence-corrected chi connectivity index (χ3v) is 4.63. The first kappa shape index (κ1) is 17.6. The molecular formula is C17H25NO5. The molecule has 1 saturated heterocycles. The number of piperidine rings is 1. The number of ether oxygens (including phenoxy) is 1. The van der Waals surface area contributed by atoms with E-state index in [0.717, 1.165) is 5.56 Å². The van der Waals surface area contributed by atoms with Gasteiger partial charge < -0.3 is 20.1 Å². The molecule has 0 aliphatic carbocycles. The van der Waals surface area contributed by atoms with E-state index in [1.165, 1.54) is 7.11 Å². The average molecular weight is 323 g/mol. The molecule has 0 saturated carbocycles. The van der Waals surface area contributed by atoms with Gasteiger partial charge in [0.25, 0.3) is 0 Å². The number of carbonyl (C=O) groups is 1. The van der Waals surface area contributed by atoms with Gasteiger partial charge in [-0.2, -0.15) is 0 Å². The van der Waals surface area contributed by atoms with E-state index in [0.29, 0.717) is 44.6 Å². The first-order valence-corrected chi connectivity index (χ1v) is 7.92. The number of aromatic hydroxyl groups is 1. The Balaban J connectivity index is 2.15. The van der Waals surface area contributed by atoms with Crippen molar-refractivity contribution in [1.82, 2.24) is 4.90 Å². The molecule has 2 atom stereocenters. The number of rotatable bonds is 6. The number of benzene rings is 1. The second-order valence-electron chi connectivity index (χ2n) is 6.23. The first-order valence-electron chi connectivity index (χ1n) is 7.92. The van der Waals surface area contributed by atoms with Crippen molar-refractivity contribution in [2.45, 2.75) is 38.8 Å². The average Bonchev–Trinajstić information content (AvgIpc) is 2.51. The zero-order chi connectivity index (χ0) is 17.0. The Morgan fingerprint density at radius 3 is 2.78 bits per heavy atom. The van der Waals surface area contributed by atoms with Gasteiger partial charge in [-0.1, -0.05) is 19.4 Å². The van der Waals surface area contributed by atoms with Crippen molar-refractivity contribution >= 4 is 5.97 Å². The maximum atomic E-state index is 11.8. The van der Waals surface area contributed by atoms with Crippen molar-refractivity contribution in [2.75, 3.05) is 20.2 Å². The molecule has 6 heteroatoms. The van der Waals surface area contributed by atoms with Gasteiger partial charge in [0.2, 0.25) is 0 Å². The van der Waals surface area contributed by atoms with Gasteiger partial charge in [-0.05, 0) is 30.5 Å². The number of carboxylic acids is 1. The van der Waals surface area contributed by atoms with Crippen LogP contribution in [0.5, 0.6) is 11.5 Å². The Kier molecular flexibility index (Phi) is 5.49. The maximum Gasteiger partial charge on any atom is 0.313 e. The molecular weight excluding hydrogens is 298 g/mol.